The molecule has 7 rings (SSSR count). The first-order valence-corrected chi connectivity index (χ1v) is 12.9. The Morgan fingerprint density at radius 2 is 1.91 bits per heavy atom. The van der Waals surface area contributed by atoms with Crippen molar-refractivity contribution in [2.45, 2.75) is 37.6 Å². The Morgan fingerprint density at radius 1 is 1.09 bits per heavy atom. The van der Waals surface area contributed by atoms with Crippen molar-refractivity contribution < 1.29 is 9.32 Å². The van der Waals surface area contributed by atoms with Gasteiger partial charge in [-0.05, 0) is 55.3 Å². The van der Waals surface area contributed by atoms with E-state index in [1.54, 1.807) is 11.3 Å². The molecule has 0 bridgehead atoms. The summed E-state index contributed by atoms with van der Waals surface area (Å²) in [7, 11) is 0. The molecule has 0 atom stereocenters. The molecule has 5 heterocycles. The molecule has 1 N–H and O–H groups in total. The lowest BCUT2D eigenvalue weighted by atomic mass is 10.0. The van der Waals surface area contributed by atoms with E-state index in [0.717, 1.165) is 58.4 Å². The highest BCUT2D eigenvalue weighted by molar-refractivity contribution is 7.13. The van der Waals surface area contributed by atoms with Crippen LogP contribution in [0.3, 0.4) is 0 Å². The number of nitrogens with zero attached hydrogens (tertiary/aromatic N) is 4. The fourth-order valence-electron chi connectivity index (χ4n) is 5.26. The minimum atomic E-state index is -0.0917. The van der Waals surface area contributed by atoms with E-state index in [-0.39, 0.29) is 17.6 Å². The van der Waals surface area contributed by atoms with Crippen molar-refractivity contribution in [3.8, 4) is 10.6 Å². The number of carbonyl (C=O) groups excluding carboxylic acids is 1. The van der Waals surface area contributed by atoms with E-state index >= 15 is 0 Å². The zero-order valence-electron chi connectivity index (χ0n) is 18.9. The highest BCUT2D eigenvalue weighted by Gasteiger charge is 2.34. The number of pyridine rings is 1. The fourth-order valence-corrected chi connectivity index (χ4v) is 5.95. The topological polar surface area (TPSA) is 97.0 Å². The second-order valence-electron chi connectivity index (χ2n) is 9.40. The molecule has 9 heteroatoms. The predicted octanol–water partition coefficient (Wildman–Crippen LogP) is 4.95. The summed E-state index contributed by atoms with van der Waals surface area (Å²) < 4.78 is 7.47. The average molecular weight is 486 g/mol. The standard InChI is InChI=1S/C26H23N5O3S/c32-25(30-11-9-16(10-12-30)31-20-5-2-1-4-18(20)28-26(31)33)17-14-19(21-6-3-13-35-21)27-24-22(17)23(29-34-24)15-7-8-15/h1-6,13-16H,7-12H2,(H,28,33). The molecule has 1 amide bonds. The van der Waals surface area contributed by atoms with Crippen LogP contribution in [0.25, 0.3) is 32.7 Å². The Bertz CT molecular complexity index is 1620. The quantitative estimate of drug-likeness (QED) is 0.389. The van der Waals surface area contributed by atoms with Gasteiger partial charge in [0.1, 0.15) is 0 Å². The number of carbonyl (C=O) groups is 1. The van der Waals surface area contributed by atoms with Gasteiger partial charge in [-0.15, -0.1) is 11.3 Å². The van der Waals surface area contributed by atoms with E-state index in [9.17, 15) is 9.59 Å². The van der Waals surface area contributed by atoms with Gasteiger partial charge >= 0.3 is 5.69 Å². The van der Waals surface area contributed by atoms with Gasteiger partial charge in [0.2, 0.25) is 0 Å². The molecule has 0 spiro atoms. The number of H-pyrrole nitrogens is 1. The van der Waals surface area contributed by atoms with Crippen LogP contribution in [-0.2, 0) is 0 Å². The first-order chi connectivity index (χ1) is 17.2. The van der Waals surface area contributed by atoms with Crippen LogP contribution >= 0.6 is 11.3 Å². The van der Waals surface area contributed by atoms with Crippen molar-refractivity contribution in [2.24, 2.45) is 0 Å². The maximum absolute atomic E-state index is 13.9. The van der Waals surface area contributed by atoms with Gasteiger partial charge in [-0.3, -0.25) is 9.36 Å². The van der Waals surface area contributed by atoms with E-state index in [0.29, 0.717) is 30.3 Å². The van der Waals surface area contributed by atoms with Gasteiger partial charge in [0.25, 0.3) is 11.6 Å². The summed E-state index contributed by atoms with van der Waals surface area (Å²) in [6.07, 6.45) is 3.57. The van der Waals surface area contributed by atoms with Gasteiger partial charge in [-0.25, -0.2) is 9.78 Å². The number of para-hydroxylation sites is 2. The van der Waals surface area contributed by atoms with Gasteiger partial charge in [0.05, 0.1) is 38.2 Å². The number of thiophene rings is 1. The van der Waals surface area contributed by atoms with Crippen LogP contribution in [0.15, 0.2) is 57.2 Å². The number of aromatic nitrogens is 4. The van der Waals surface area contributed by atoms with Crippen LogP contribution in [0.2, 0.25) is 0 Å². The summed E-state index contributed by atoms with van der Waals surface area (Å²) in [4.78, 5) is 37.0. The van der Waals surface area contributed by atoms with Crippen molar-refractivity contribution in [1.29, 1.82) is 0 Å². The van der Waals surface area contributed by atoms with Crippen LogP contribution in [0.5, 0.6) is 0 Å². The molecular weight excluding hydrogens is 462 g/mol. The molecule has 0 unspecified atom stereocenters. The van der Waals surface area contributed by atoms with E-state index in [1.165, 1.54) is 0 Å². The zero-order chi connectivity index (χ0) is 23.5. The number of amides is 1. The number of benzene rings is 1. The summed E-state index contributed by atoms with van der Waals surface area (Å²) >= 11 is 1.58. The first kappa shape index (κ1) is 20.6. The van der Waals surface area contributed by atoms with E-state index in [4.69, 9.17) is 9.51 Å². The summed E-state index contributed by atoms with van der Waals surface area (Å²) in [6, 6.07) is 13.7. The zero-order valence-corrected chi connectivity index (χ0v) is 19.8. The third kappa shape index (κ3) is 3.41. The number of rotatable bonds is 4. The summed E-state index contributed by atoms with van der Waals surface area (Å²) in [6.45, 7) is 1.16. The molecule has 176 valence electrons. The summed E-state index contributed by atoms with van der Waals surface area (Å²) in [5.74, 6) is 0.321. The predicted molar refractivity (Wildman–Crippen MR) is 134 cm³/mol. The number of nitrogens with one attached hydrogen (secondary N) is 1. The lowest BCUT2D eigenvalue weighted by molar-refractivity contribution is 0.0697. The van der Waals surface area contributed by atoms with E-state index < -0.39 is 0 Å². The van der Waals surface area contributed by atoms with Gasteiger partial charge in [-0.1, -0.05) is 23.4 Å². The van der Waals surface area contributed by atoms with Crippen LogP contribution in [0.1, 0.15) is 53.7 Å². The molecule has 2 fully saturated rings. The minimum absolute atomic E-state index is 0.0231. The third-order valence-corrected chi connectivity index (χ3v) is 8.07. The third-order valence-electron chi connectivity index (χ3n) is 7.18. The number of fused-ring (bicyclic) bond motifs is 2. The van der Waals surface area contributed by atoms with Crippen LogP contribution < -0.4 is 5.69 Å². The van der Waals surface area contributed by atoms with Crippen molar-refractivity contribution in [3.63, 3.8) is 0 Å². The Labute approximate surface area is 204 Å². The Morgan fingerprint density at radius 3 is 2.69 bits per heavy atom. The van der Waals surface area contributed by atoms with Crippen molar-refractivity contribution in [1.82, 2.24) is 24.6 Å². The van der Waals surface area contributed by atoms with Crippen LogP contribution in [0, 0.1) is 0 Å². The summed E-state index contributed by atoms with van der Waals surface area (Å²) in [5, 5.41) is 7.06. The molecule has 35 heavy (non-hydrogen) atoms. The van der Waals surface area contributed by atoms with Gasteiger partial charge in [0.15, 0.2) is 0 Å². The molecule has 0 radical (unpaired) electrons. The lowest BCUT2D eigenvalue weighted by Gasteiger charge is -2.32. The van der Waals surface area contributed by atoms with Crippen molar-refractivity contribution >= 4 is 39.4 Å². The number of hydrogen-bond donors (Lipinski definition) is 1. The normalized spacial score (nSPS) is 17.0. The summed E-state index contributed by atoms with van der Waals surface area (Å²) in [5.41, 5.74) is 4.30. The largest absolute Gasteiger partial charge is 0.338 e. The number of aromatic amines is 1. The first-order valence-electron chi connectivity index (χ1n) is 12.0. The van der Waals surface area contributed by atoms with Crippen molar-refractivity contribution in [2.75, 3.05) is 13.1 Å². The average Bonchev–Trinajstić information content (AvgIpc) is 3.28. The SMILES string of the molecule is O=C(c1cc(-c2cccs2)nc2onc(C3CC3)c12)N1CCC(n2c(=O)[nH]c3ccccc32)CC1. The Hall–Kier alpha value is -3.72. The number of imidazole rings is 1. The Kier molecular flexibility index (Phi) is 4.66. The monoisotopic (exact) mass is 485 g/mol. The maximum Gasteiger partial charge on any atom is 0.326 e. The molecule has 4 aromatic heterocycles. The van der Waals surface area contributed by atoms with Crippen molar-refractivity contribution in [3.05, 3.63) is 69.6 Å². The molecule has 1 saturated carbocycles. The highest BCUT2D eigenvalue weighted by atomic mass is 32.1. The molecule has 5 aromatic rings. The second kappa shape index (κ2) is 7.91. The van der Waals surface area contributed by atoms with Crippen LogP contribution in [-0.4, -0.2) is 43.6 Å². The molecule has 1 aliphatic heterocycles. The number of likely N-dealkylation sites (tertiary alicyclic amines) is 1. The minimum Gasteiger partial charge on any atom is -0.338 e. The van der Waals surface area contributed by atoms with Crippen LogP contribution in [0.4, 0.5) is 0 Å². The fraction of sp³-hybridized carbons (Fsp3) is 0.308. The molecule has 8 nitrogen and oxygen atoms in total. The highest BCUT2D eigenvalue weighted by Crippen LogP contribution is 2.44. The lowest BCUT2D eigenvalue weighted by Crippen LogP contribution is -2.40. The van der Waals surface area contributed by atoms with Gasteiger partial charge in [-0.2, -0.15) is 0 Å². The Balaban J connectivity index is 1.21. The second-order valence-corrected chi connectivity index (χ2v) is 10.3. The van der Waals surface area contributed by atoms with Gasteiger partial charge < -0.3 is 14.4 Å². The molecule has 1 saturated heterocycles. The molecule has 1 aromatic carbocycles. The van der Waals surface area contributed by atoms with E-state index in [2.05, 4.69) is 10.1 Å². The number of hydrogen-bond acceptors (Lipinski definition) is 6. The molecule has 2 aliphatic rings. The number of piperidine rings is 1. The van der Waals surface area contributed by atoms with E-state index in [1.807, 2.05) is 57.3 Å². The molecular formula is C26H23N5O3S. The smallest absolute Gasteiger partial charge is 0.326 e. The molecule has 1 aliphatic carbocycles. The van der Waals surface area contributed by atoms with Gasteiger partial charge in [0, 0.05) is 25.0 Å². The maximum atomic E-state index is 13.9.